The van der Waals surface area contributed by atoms with E-state index < -0.39 is 12.1 Å². The number of aliphatic carboxylic acids is 1. The Balaban J connectivity index is 3.21. The lowest BCUT2D eigenvalue weighted by Gasteiger charge is -2.05. The summed E-state index contributed by atoms with van der Waals surface area (Å²) in [5, 5.41) is 10.9. The lowest BCUT2D eigenvalue weighted by Crippen LogP contribution is -2.25. The lowest BCUT2D eigenvalue weighted by molar-refractivity contribution is -0.137. The zero-order chi connectivity index (χ0) is 12.2. The largest absolute Gasteiger partial charge is 0.481 e. The predicted octanol–water partition coefficient (Wildman–Crippen LogP) is 1.93. The molecule has 0 aliphatic heterocycles. The van der Waals surface area contributed by atoms with Crippen LogP contribution in [0.25, 0.3) is 0 Å². The highest BCUT2D eigenvalue weighted by molar-refractivity contribution is 5.67. The first-order chi connectivity index (χ1) is 7.66. The normalized spacial score (nSPS) is 9.50. The molecule has 0 fully saturated rings. The summed E-state index contributed by atoms with van der Waals surface area (Å²) in [6, 6.07) is 0. The molecular weight excluding hydrogens is 210 g/mol. The topological polar surface area (TPSA) is 75.6 Å². The van der Waals surface area contributed by atoms with Crippen LogP contribution in [0.3, 0.4) is 0 Å². The maximum absolute atomic E-state index is 11.0. The molecule has 2 N–H and O–H groups in total. The number of amides is 1. The van der Waals surface area contributed by atoms with Crippen LogP contribution in [0.1, 0.15) is 32.1 Å². The van der Waals surface area contributed by atoms with Gasteiger partial charge in [-0.1, -0.05) is 6.08 Å². The minimum atomic E-state index is -0.789. The van der Waals surface area contributed by atoms with Crippen molar-refractivity contribution in [3.05, 3.63) is 12.7 Å². The van der Waals surface area contributed by atoms with Crippen molar-refractivity contribution in [2.24, 2.45) is 0 Å². The van der Waals surface area contributed by atoms with Crippen molar-refractivity contribution in [2.45, 2.75) is 32.1 Å². The number of nitrogens with one attached hydrogen (secondary N) is 1. The van der Waals surface area contributed by atoms with Gasteiger partial charge >= 0.3 is 12.1 Å². The summed E-state index contributed by atoms with van der Waals surface area (Å²) in [6.07, 6.45) is 4.25. The van der Waals surface area contributed by atoms with Gasteiger partial charge in [0.05, 0.1) is 6.61 Å². The van der Waals surface area contributed by atoms with Crippen LogP contribution in [-0.2, 0) is 9.53 Å². The van der Waals surface area contributed by atoms with Crippen LogP contribution >= 0.6 is 0 Å². The maximum atomic E-state index is 11.0. The molecule has 0 aromatic rings. The summed E-state index contributed by atoms with van der Waals surface area (Å²) >= 11 is 0. The number of carbonyl (C=O) groups excluding carboxylic acids is 1. The quantitative estimate of drug-likeness (QED) is 0.468. The van der Waals surface area contributed by atoms with Gasteiger partial charge in [-0.15, -0.1) is 6.58 Å². The number of hydrogen-bond donors (Lipinski definition) is 2. The van der Waals surface area contributed by atoms with Gasteiger partial charge in [0.25, 0.3) is 0 Å². The van der Waals surface area contributed by atoms with Gasteiger partial charge in [-0.05, 0) is 25.7 Å². The average Bonchev–Trinajstić information content (AvgIpc) is 2.23. The minimum absolute atomic E-state index is 0.172. The number of hydrogen-bond acceptors (Lipinski definition) is 3. The van der Waals surface area contributed by atoms with E-state index in [0.717, 1.165) is 6.42 Å². The highest BCUT2D eigenvalue weighted by atomic mass is 16.5. The molecule has 1 amide bonds. The first-order valence-corrected chi connectivity index (χ1v) is 5.40. The molecule has 0 saturated heterocycles. The van der Waals surface area contributed by atoms with E-state index in [-0.39, 0.29) is 6.42 Å². The fraction of sp³-hybridized carbons (Fsp3) is 0.636. The molecule has 0 radical (unpaired) electrons. The second-order valence-corrected chi connectivity index (χ2v) is 3.34. The highest BCUT2D eigenvalue weighted by Crippen LogP contribution is 1.99. The number of rotatable bonds is 9. The van der Waals surface area contributed by atoms with E-state index in [1.54, 1.807) is 6.08 Å². The molecular formula is C11H19NO4. The Morgan fingerprint density at radius 3 is 2.69 bits per heavy atom. The predicted molar refractivity (Wildman–Crippen MR) is 60.3 cm³/mol. The van der Waals surface area contributed by atoms with Crippen molar-refractivity contribution in [3.8, 4) is 0 Å². The fourth-order valence-corrected chi connectivity index (χ4v) is 1.05. The molecule has 5 heteroatoms. The maximum Gasteiger partial charge on any atom is 0.407 e. The molecule has 0 saturated carbocycles. The van der Waals surface area contributed by atoms with Crippen molar-refractivity contribution < 1.29 is 19.4 Å². The number of carboxylic acid groups (broad SMARTS) is 1. The van der Waals surface area contributed by atoms with Crippen LogP contribution in [0.2, 0.25) is 0 Å². The molecule has 0 aromatic heterocycles. The van der Waals surface area contributed by atoms with E-state index in [0.29, 0.717) is 32.4 Å². The van der Waals surface area contributed by atoms with Crippen molar-refractivity contribution in [2.75, 3.05) is 13.2 Å². The Morgan fingerprint density at radius 1 is 1.31 bits per heavy atom. The monoisotopic (exact) mass is 229 g/mol. The van der Waals surface area contributed by atoms with E-state index in [2.05, 4.69) is 11.9 Å². The number of unbranched alkanes of at least 4 members (excludes halogenated alkanes) is 2. The van der Waals surface area contributed by atoms with Crippen LogP contribution in [0.5, 0.6) is 0 Å². The smallest absolute Gasteiger partial charge is 0.407 e. The van der Waals surface area contributed by atoms with Crippen molar-refractivity contribution in [1.29, 1.82) is 0 Å². The Kier molecular flexibility index (Phi) is 9.06. The molecule has 0 spiro atoms. The van der Waals surface area contributed by atoms with E-state index >= 15 is 0 Å². The molecule has 0 unspecified atom stereocenters. The number of alkyl carbamates (subject to hydrolysis) is 1. The molecule has 92 valence electrons. The van der Waals surface area contributed by atoms with Gasteiger partial charge in [0.15, 0.2) is 0 Å². The van der Waals surface area contributed by atoms with Crippen LogP contribution in [-0.4, -0.2) is 30.3 Å². The van der Waals surface area contributed by atoms with Crippen molar-refractivity contribution >= 4 is 12.1 Å². The number of ether oxygens (including phenoxy) is 1. The van der Waals surface area contributed by atoms with Gasteiger partial charge in [-0.2, -0.15) is 0 Å². The van der Waals surface area contributed by atoms with Gasteiger partial charge in [0.1, 0.15) is 0 Å². The summed E-state index contributed by atoms with van der Waals surface area (Å²) < 4.78 is 4.86. The number of carbonyl (C=O) groups is 2. The molecule has 0 rings (SSSR count). The van der Waals surface area contributed by atoms with Gasteiger partial charge in [0.2, 0.25) is 0 Å². The third kappa shape index (κ3) is 10.6. The standard InChI is InChI=1S/C11H19NO4/c1-2-3-8-12-11(15)16-9-6-4-5-7-10(13)14/h2H,1,3-9H2,(H,12,15)(H,13,14). The Bertz CT molecular complexity index is 228. The van der Waals surface area contributed by atoms with Crippen LogP contribution in [0, 0.1) is 0 Å². The second kappa shape index (κ2) is 10.0. The lowest BCUT2D eigenvalue weighted by atomic mass is 10.2. The SMILES string of the molecule is C=CCCNC(=O)OCCCCCC(=O)O. The zero-order valence-electron chi connectivity index (χ0n) is 9.41. The van der Waals surface area contributed by atoms with Crippen LogP contribution in [0.15, 0.2) is 12.7 Å². The molecule has 0 aromatic carbocycles. The van der Waals surface area contributed by atoms with Crippen LogP contribution < -0.4 is 5.32 Å². The fourth-order valence-electron chi connectivity index (χ4n) is 1.05. The Labute approximate surface area is 95.5 Å². The van der Waals surface area contributed by atoms with E-state index in [1.165, 1.54) is 0 Å². The van der Waals surface area contributed by atoms with E-state index in [9.17, 15) is 9.59 Å². The average molecular weight is 229 g/mol. The first kappa shape index (κ1) is 14.5. The van der Waals surface area contributed by atoms with Gasteiger partial charge in [-0.3, -0.25) is 4.79 Å². The first-order valence-electron chi connectivity index (χ1n) is 5.40. The molecule has 0 bridgehead atoms. The van der Waals surface area contributed by atoms with Crippen LogP contribution in [0.4, 0.5) is 4.79 Å². The van der Waals surface area contributed by atoms with Crippen molar-refractivity contribution in [3.63, 3.8) is 0 Å². The van der Waals surface area contributed by atoms with E-state index in [1.807, 2.05) is 0 Å². The van der Waals surface area contributed by atoms with Crippen molar-refractivity contribution in [1.82, 2.24) is 5.32 Å². The summed E-state index contributed by atoms with van der Waals surface area (Å²) in [5.74, 6) is -0.789. The summed E-state index contributed by atoms with van der Waals surface area (Å²) in [4.78, 5) is 21.2. The summed E-state index contributed by atoms with van der Waals surface area (Å²) in [7, 11) is 0. The molecule has 16 heavy (non-hydrogen) atoms. The zero-order valence-corrected chi connectivity index (χ0v) is 9.41. The Hall–Kier alpha value is -1.52. The second-order valence-electron chi connectivity index (χ2n) is 3.34. The van der Waals surface area contributed by atoms with E-state index in [4.69, 9.17) is 9.84 Å². The Morgan fingerprint density at radius 2 is 2.06 bits per heavy atom. The third-order valence-corrected chi connectivity index (χ3v) is 1.89. The molecule has 0 atom stereocenters. The van der Waals surface area contributed by atoms with Gasteiger partial charge in [-0.25, -0.2) is 4.79 Å². The highest BCUT2D eigenvalue weighted by Gasteiger charge is 2.00. The molecule has 0 heterocycles. The summed E-state index contributed by atoms with van der Waals surface area (Å²) in [5.41, 5.74) is 0. The summed E-state index contributed by atoms with van der Waals surface area (Å²) in [6.45, 7) is 4.39. The molecule has 5 nitrogen and oxygen atoms in total. The number of carboxylic acids is 1. The minimum Gasteiger partial charge on any atom is -0.481 e. The third-order valence-electron chi connectivity index (χ3n) is 1.89. The van der Waals surface area contributed by atoms with Gasteiger partial charge < -0.3 is 15.2 Å². The molecule has 0 aliphatic carbocycles. The van der Waals surface area contributed by atoms with Gasteiger partial charge in [0, 0.05) is 13.0 Å². The molecule has 0 aliphatic rings.